The fraction of sp³-hybridized carbons (Fsp3) is 0.263. The van der Waals surface area contributed by atoms with Crippen LogP contribution in [0.15, 0.2) is 48.5 Å². The molecule has 1 aromatic carbocycles. The zero-order valence-corrected chi connectivity index (χ0v) is 14.1. The first-order chi connectivity index (χ1) is 12.0. The van der Waals surface area contributed by atoms with Gasteiger partial charge in [0.25, 0.3) is 0 Å². The van der Waals surface area contributed by atoms with Crippen LogP contribution in [0.5, 0.6) is 0 Å². The highest BCUT2D eigenvalue weighted by Crippen LogP contribution is 2.05. The van der Waals surface area contributed by atoms with E-state index in [0.717, 1.165) is 5.69 Å². The third-order valence-electron chi connectivity index (χ3n) is 3.50. The molecule has 6 nitrogen and oxygen atoms in total. The van der Waals surface area contributed by atoms with Gasteiger partial charge >= 0.3 is 0 Å². The second-order valence-corrected chi connectivity index (χ2v) is 5.60. The van der Waals surface area contributed by atoms with Gasteiger partial charge in [0, 0.05) is 37.1 Å². The number of ketones is 1. The van der Waals surface area contributed by atoms with Crippen LogP contribution in [-0.4, -0.2) is 29.1 Å². The number of carbonyl (C=O) groups is 3. The Morgan fingerprint density at radius 2 is 1.64 bits per heavy atom. The third kappa shape index (κ3) is 6.55. The molecule has 6 heteroatoms. The molecule has 0 unspecified atom stereocenters. The number of pyridine rings is 1. The Balaban J connectivity index is 1.65. The van der Waals surface area contributed by atoms with Crippen molar-refractivity contribution in [2.24, 2.45) is 0 Å². The Kier molecular flexibility index (Phi) is 6.83. The van der Waals surface area contributed by atoms with E-state index in [0.29, 0.717) is 11.4 Å². The van der Waals surface area contributed by atoms with Gasteiger partial charge in [-0.1, -0.05) is 36.4 Å². The number of carbonyl (C=O) groups excluding carboxylic acids is 3. The lowest BCUT2D eigenvalue weighted by atomic mass is 10.1. The fourth-order valence-electron chi connectivity index (χ4n) is 2.22. The topological polar surface area (TPSA) is 88.2 Å². The SMILES string of the molecule is Cc1cccc(NC(=O)CCNC(=O)CCC(=O)c2ccccc2)n1. The lowest BCUT2D eigenvalue weighted by Crippen LogP contribution is -2.28. The Labute approximate surface area is 146 Å². The molecule has 0 fully saturated rings. The average molecular weight is 339 g/mol. The highest BCUT2D eigenvalue weighted by molar-refractivity contribution is 5.98. The highest BCUT2D eigenvalue weighted by Gasteiger charge is 2.09. The van der Waals surface area contributed by atoms with Crippen molar-refractivity contribution in [2.45, 2.75) is 26.2 Å². The van der Waals surface area contributed by atoms with Crippen molar-refractivity contribution in [3.05, 3.63) is 59.8 Å². The van der Waals surface area contributed by atoms with Gasteiger partial charge in [-0.05, 0) is 19.1 Å². The molecule has 0 atom stereocenters. The molecule has 1 heterocycles. The molecular formula is C19H21N3O3. The molecule has 0 aliphatic carbocycles. The third-order valence-corrected chi connectivity index (χ3v) is 3.50. The van der Waals surface area contributed by atoms with Gasteiger partial charge < -0.3 is 10.6 Å². The van der Waals surface area contributed by atoms with Crippen molar-refractivity contribution in [2.75, 3.05) is 11.9 Å². The smallest absolute Gasteiger partial charge is 0.227 e. The van der Waals surface area contributed by atoms with Crippen LogP contribution in [0.2, 0.25) is 0 Å². The van der Waals surface area contributed by atoms with E-state index in [9.17, 15) is 14.4 Å². The number of benzene rings is 1. The number of nitrogens with zero attached hydrogens (tertiary/aromatic N) is 1. The van der Waals surface area contributed by atoms with Crippen LogP contribution < -0.4 is 10.6 Å². The molecule has 2 aromatic rings. The van der Waals surface area contributed by atoms with Crippen LogP contribution in [0.25, 0.3) is 0 Å². The molecule has 25 heavy (non-hydrogen) atoms. The predicted molar refractivity (Wildman–Crippen MR) is 95.2 cm³/mol. The van der Waals surface area contributed by atoms with E-state index in [1.807, 2.05) is 25.1 Å². The van der Waals surface area contributed by atoms with Crippen molar-refractivity contribution < 1.29 is 14.4 Å². The van der Waals surface area contributed by atoms with Crippen molar-refractivity contribution in [1.82, 2.24) is 10.3 Å². The molecule has 0 bridgehead atoms. The molecular weight excluding hydrogens is 318 g/mol. The summed E-state index contributed by atoms with van der Waals surface area (Å²) >= 11 is 0. The fourth-order valence-corrected chi connectivity index (χ4v) is 2.22. The maximum Gasteiger partial charge on any atom is 0.227 e. The van der Waals surface area contributed by atoms with E-state index in [2.05, 4.69) is 15.6 Å². The van der Waals surface area contributed by atoms with Crippen LogP contribution in [0.1, 0.15) is 35.3 Å². The number of nitrogens with one attached hydrogen (secondary N) is 2. The van der Waals surface area contributed by atoms with Gasteiger partial charge in [0.1, 0.15) is 5.82 Å². The maximum atomic E-state index is 11.9. The van der Waals surface area contributed by atoms with Crippen molar-refractivity contribution >= 4 is 23.4 Å². The Morgan fingerprint density at radius 1 is 0.880 bits per heavy atom. The molecule has 2 amide bonds. The Morgan fingerprint density at radius 3 is 2.36 bits per heavy atom. The normalized spacial score (nSPS) is 10.1. The number of aromatic nitrogens is 1. The standard InChI is InChI=1S/C19H21N3O3/c1-14-6-5-9-17(21-14)22-19(25)12-13-20-18(24)11-10-16(23)15-7-3-2-4-8-15/h2-9H,10-13H2,1H3,(H,20,24)(H,21,22,25). The quantitative estimate of drug-likeness (QED) is 0.723. The van der Waals surface area contributed by atoms with E-state index in [-0.39, 0.29) is 43.4 Å². The second-order valence-electron chi connectivity index (χ2n) is 5.60. The summed E-state index contributed by atoms with van der Waals surface area (Å²) in [5.74, 6) is -0.0478. The number of Topliss-reactive ketones (excluding diaryl/α,β-unsaturated/α-hetero) is 1. The zero-order valence-electron chi connectivity index (χ0n) is 14.1. The largest absolute Gasteiger partial charge is 0.356 e. The Bertz CT molecular complexity index is 745. The van der Waals surface area contributed by atoms with Gasteiger partial charge in [-0.15, -0.1) is 0 Å². The van der Waals surface area contributed by atoms with Gasteiger partial charge in [0.2, 0.25) is 11.8 Å². The highest BCUT2D eigenvalue weighted by atomic mass is 16.2. The molecule has 2 rings (SSSR count). The van der Waals surface area contributed by atoms with Crippen LogP contribution in [0.4, 0.5) is 5.82 Å². The minimum atomic E-state index is -0.245. The number of rotatable bonds is 8. The molecule has 1 aromatic heterocycles. The summed E-state index contributed by atoms with van der Waals surface area (Å²) in [7, 11) is 0. The predicted octanol–water partition coefficient (Wildman–Crippen LogP) is 2.50. The molecule has 2 N–H and O–H groups in total. The summed E-state index contributed by atoms with van der Waals surface area (Å²) in [5, 5.41) is 5.32. The van der Waals surface area contributed by atoms with Gasteiger partial charge in [-0.25, -0.2) is 4.98 Å². The van der Waals surface area contributed by atoms with Gasteiger partial charge in [-0.2, -0.15) is 0 Å². The first-order valence-corrected chi connectivity index (χ1v) is 8.13. The summed E-state index contributed by atoms with van der Waals surface area (Å²) in [6.07, 6.45) is 0.401. The van der Waals surface area contributed by atoms with E-state index in [1.54, 1.807) is 30.3 Å². The maximum absolute atomic E-state index is 11.9. The summed E-state index contributed by atoms with van der Waals surface area (Å²) in [6.45, 7) is 2.06. The summed E-state index contributed by atoms with van der Waals surface area (Å²) in [5.41, 5.74) is 1.41. The lowest BCUT2D eigenvalue weighted by molar-refractivity contribution is -0.121. The van der Waals surface area contributed by atoms with Crippen LogP contribution >= 0.6 is 0 Å². The molecule has 0 saturated carbocycles. The molecule has 0 radical (unpaired) electrons. The van der Waals surface area contributed by atoms with E-state index >= 15 is 0 Å². The second kappa shape index (κ2) is 9.32. The number of amides is 2. The van der Waals surface area contributed by atoms with Crippen LogP contribution in [0.3, 0.4) is 0 Å². The molecule has 0 spiro atoms. The molecule has 130 valence electrons. The van der Waals surface area contributed by atoms with Crippen molar-refractivity contribution in [1.29, 1.82) is 0 Å². The van der Waals surface area contributed by atoms with Gasteiger partial charge in [0.05, 0.1) is 0 Å². The molecule has 0 saturated heterocycles. The van der Waals surface area contributed by atoms with Crippen LogP contribution in [-0.2, 0) is 9.59 Å². The number of aryl methyl sites for hydroxylation is 1. The number of hydrogen-bond donors (Lipinski definition) is 2. The lowest BCUT2D eigenvalue weighted by Gasteiger charge is -2.07. The van der Waals surface area contributed by atoms with Gasteiger partial charge in [-0.3, -0.25) is 14.4 Å². The minimum absolute atomic E-state index is 0.0704. The van der Waals surface area contributed by atoms with E-state index in [4.69, 9.17) is 0 Å². The first-order valence-electron chi connectivity index (χ1n) is 8.13. The summed E-state index contributed by atoms with van der Waals surface area (Å²) in [4.78, 5) is 39.6. The molecule has 0 aliphatic heterocycles. The van der Waals surface area contributed by atoms with E-state index < -0.39 is 0 Å². The minimum Gasteiger partial charge on any atom is -0.356 e. The summed E-state index contributed by atoms with van der Waals surface area (Å²) in [6, 6.07) is 14.2. The number of hydrogen-bond acceptors (Lipinski definition) is 4. The van der Waals surface area contributed by atoms with E-state index in [1.165, 1.54) is 0 Å². The zero-order chi connectivity index (χ0) is 18.1. The van der Waals surface area contributed by atoms with Crippen LogP contribution in [0, 0.1) is 6.92 Å². The molecule has 0 aliphatic rings. The first kappa shape index (κ1) is 18.3. The number of anilines is 1. The van der Waals surface area contributed by atoms with Crippen molar-refractivity contribution in [3.8, 4) is 0 Å². The van der Waals surface area contributed by atoms with Crippen molar-refractivity contribution in [3.63, 3.8) is 0 Å². The van der Waals surface area contributed by atoms with Gasteiger partial charge in [0.15, 0.2) is 5.78 Å². The monoisotopic (exact) mass is 339 g/mol. The summed E-state index contributed by atoms with van der Waals surface area (Å²) < 4.78 is 0. The average Bonchev–Trinajstić information content (AvgIpc) is 2.60. The Hall–Kier alpha value is -3.02.